The number of carbonyl (C=O) groups is 4. The third-order valence-corrected chi connectivity index (χ3v) is 20.0. The normalized spacial score (nSPS) is 13.9. The van der Waals surface area contributed by atoms with Crippen molar-refractivity contribution in [3.05, 3.63) is 0 Å². The van der Waals surface area contributed by atoms with Gasteiger partial charge in [0.25, 0.3) is 0 Å². The molecule has 570 valence electrons. The van der Waals surface area contributed by atoms with E-state index in [-0.39, 0.29) is 25.7 Å². The average Bonchev–Trinajstić information content (AvgIpc) is 1.42. The third kappa shape index (κ3) is 70.5. The highest BCUT2D eigenvalue weighted by Crippen LogP contribution is 2.45. The number of esters is 4. The van der Waals surface area contributed by atoms with Crippen molar-refractivity contribution in [1.82, 2.24) is 0 Å². The van der Waals surface area contributed by atoms with Crippen LogP contribution in [-0.4, -0.2) is 96.7 Å². The number of rotatable bonds is 78. The van der Waals surface area contributed by atoms with Crippen molar-refractivity contribution in [3.8, 4) is 0 Å². The van der Waals surface area contributed by atoms with Crippen molar-refractivity contribution in [2.24, 2.45) is 0 Å². The number of aliphatic hydroxyl groups excluding tert-OH is 1. The minimum Gasteiger partial charge on any atom is -0.462 e. The first-order valence-electron chi connectivity index (χ1n) is 40.3. The Morgan fingerprint density at radius 1 is 0.250 bits per heavy atom. The number of hydrogen-bond acceptors (Lipinski definition) is 15. The highest BCUT2D eigenvalue weighted by Gasteiger charge is 2.30. The van der Waals surface area contributed by atoms with Gasteiger partial charge in [-0.1, -0.05) is 362 Å². The molecule has 3 N–H and O–H groups in total. The Labute approximate surface area is 588 Å². The predicted molar refractivity (Wildman–Crippen MR) is 391 cm³/mol. The summed E-state index contributed by atoms with van der Waals surface area (Å²) in [4.78, 5) is 72.8. The minimum absolute atomic E-state index is 0.108. The van der Waals surface area contributed by atoms with Crippen molar-refractivity contribution in [1.29, 1.82) is 0 Å². The molecule has 0 bridgehead atoms. The zero-order valence-electron chi connectivity index (χ0n) is 62.4. The Balaban J connectivity index is 5.20. The topological polar surface area (TPSA) is 237 Å². The fourth-order valence-electron chi connectivity index (χ4n) is 11.9. The van der Waals surface area contributed by atoms with Crippen molar-refractivity contribution in [2.45, 2.75) is 431 Å². The van der Waals surface area contributed by atoms with Crippen LogP contribution in [0.4, 0.5) is 0 Å². The lowest BCUT2D eigenvalue weighted by molar-refractivity contribution is -0.161. The summed E-state index contributed by atoms with van der Waals surface area (Å²) >= 11 is 0. The molecule has 17 nitrogen and oxygen atoms in total. The molecule has 5 atom stereocenters. The molecule has 0 rings (SSSR count). The number of ether oxygens (including phenoxy) is 4. The van der Waals surface area contributed by atoms with Crippen LogP contribution < -0.4 is 0 Å². The lowest BCUT2D eigenvalue weighted by Crippen LogP contribution is -2.30. The van der Waals surface area contributed by atoms with E-state index in [1.165, 1.54) is 244 Å². The summed E-state index contributed by atoms with van der Waals surface area (Å²) in [6.45, 7) is 4.98. The smallest absolute Gasteiger partial charge is 0.462 e. The van der Waals surface area contributed by atoms with Crippen LogP contribution in [0.5, 0.6) is 0 Å². The van der Waals surface area contributed by atoms with Crippen LogP contribution in [0.2, 0.25) is 0 Å². The standard InChI is InChI=1S/C77H150O17P2/c1-5-9-13-17-21-25-28-31-33-35-36-37-39-42-45-48-52-56-60-64-77(82)94-73(68-88-75(80)62-58-54-50-46-43-41-38-34-32-29-26-22-18-14-10-6-2)70-92-96(85,86)90-66-71(78)65-89-95(83,84)91-69-72(67-87-74(79)61-57-53-49-24-20-16-12-8-4)93-76(81)63-59-55-51-47-44-40-30-27-23-19-15-11-7-3/h71-73,78H,5-70H2,1-4H3,(H,83,84)(H,85,86)/t71-,72+,73+/m0/s1. The molecular formula is C77H150O17P2. The molecule has 0 aromatic heterocycles. The fraction of sp³-hybridized carbons (Fsp3) is 0.948. The van der Waals surface area contributed by atoms with Crippen molar-refractivity contribution in [2.75, 3.05) is 39.6 Å². The quantitative estimate of drug-likeness (QED) is 0.0222. The number of unbranched alkanes of at least 4 members (excludes halogenated alkanes) is 52. The summed E-state index contributed by atoms with van der Waals surface area (Å²) in [6, 6.07) is 0. The SMILES string of the molecule is CCCCCCCCCCCCCCCCCCCCCC(=O)O[C@H](COC(=O)CCCCCCCCCCCCCCCCCC)COP(=O)(O)OC[C@@H](O)COP(=O)(O)OC[C@@H](COC(=O)CCCCCCCCCC)OC(=O)CCCCCCCCCCCCCCC. The molecule has 0 spiro atoms. The fourth-order valence-corrected chi connectivity index (χ4v) is 13.5. The molecule has 0 aliphatic heterocycles. The molecule has 0 radical (unpaired) electrons. The summed E-state index contributed by atoms with van der Waals surface area (Å²) in [5, 5.41) is 10.6. The monoisotopic (exact) mass is 1410 g/mol. The lowest BCUT2D eigenvalue weighted by atomic mass is 10.0. The Bertz CT molecular complexity index is 1830. The molecule has 0 aromatic carbocycles. The predicted octanol–water partition coefficient (Wildman–Crippen LogP) is 23.0. The third-order valence-electron chi connectivity index (χ3n) is 18.1. The van der Waals surface area contributed by atoms with Crippen molar-refractivity contribution >= 4 is 39.5 Å². The second-order valence-corrected chi connectivity index (χ2v) is 30.7. The van der Waals surface area contributed by atoms with Crippen LogP contribution in [-0.2, 0) is 65.4 Å². The van der Waals surface area contributed by atoms with Crippen molar-refractivity contribution in [3.63, 3.8) is 0 Å². The molecule has 0 saturated carbocycles. The first-order valence-corrected chi connectivity index (χ1v) is 43.3. The minimum atomic E-state index is -4.96. The van der Waals surface area contributed by atoms with Gasteiger partial charge in [0.05, 0.1) is 26.4 Å². The van der Waals surface area contributed by atoms with E-state index >= 15 is 0 Å². The van der Waals surface area contributed by atoms with E-state index in [1.54, 1.807) is 0 Å². The van der Waals surface area contributed by atoms with E-state index in [0.717, 1.165) is 89.9 Å². The van der Waals surface area contributed by atoms with Gasteiger partial charge in [-0.25, -0.2) is 9.13 Å². The molecular weight excluding hydrogens is 1260 g/mol. The van der Waals surface area contributed by atoms with E-state index in [4.69, 9.17) is 37.0 Å². The molecule has 0 aromatic rings. The zero-order chi connectivity index (χ0) is 70.4. The Morgan fingerprint density at radius 2 is 0.417 bits per heavy atom. The summed E-state index contributed by atoms with van der Waals surface area (Å²) in [7, 11) is -9.91. The van der Waals surface area contributed by atoms with E-state index in [9.17, 15) is 43.2 Å². The summed E-state index contributed by atoms with van der Waals surface area (Å²) in [5.74, 6) is -2.11. The van der Waals surface area contributed by atoms with Crippen LogP contribution in [0.25, 0.3) is 0 Å². The largest absolute Gasteiger partial charge is 0.472 e. The first kappa shape index (κ1) is 94.1. The summed E-state index contributed by atoms with van der Waals surface area (Å²) in [5.41, 5.74) is 0. The lowest BCUT2D eigenvalue weighted by Gasteiger charge is -2.21. The summed E-state index contributed by atoms with van der Waals surface area (Å²) in [6.07, 6.45) is 62.4. The molecule has 0 fully saturated rings. The number of phosphoric acid groups is 2. The van der Waals surface area contributed by atoms with E-state index < -0.39 is 97.5 Å². The van der Waals surface area contributed by atoms with Crippen LogP contribution >= 0.6 is 15.6 Å². The van der Waals surface area contributed by atoms with Crippen LogP contribution in [0.3, 0.4) is 0 Å². The Hall–Kier alpha value is -1.94. The molecule has 0 saturated heterocycles. The van der Waals surface area contributed by atoms with E-state index in [0.29, 0.717) is 25.7 Å². The zero-order valence-corrected chi connectivity index (χ0v) is 64.1. The molecule has 0 amide bonds. The van der Waals surface area contributed by atoms with Gasteiger partial charge in [0.15, 0.2) is 12.2 Å². The molecule has 0 aliphatic carbocycles. The second-order valence-electron chi connectivity index (χ2n) is 27.7. The average molecular weight is 1410 g/mol. The van der Waals surface area contributed by atoms with Crippen LogP contribution in [0.1, 0.15) is 413 Å². The van der Waals surface area contributed by atoms with Gasteiger partial charge in [-0.3, -0.25) is 37.3 Å². The molecule has 2 unspecified atom stereocenters. The highest BCUT2D eigenvalue weighted by molar-refractivity contribution is 7.47. The van der Waals surface area contributed by atoms with Gasteiger partial charge in [0.2, 0.25) is 0 Å². The number of hydrogen-bond donors (Lipinski definition) is 3. The highest BCUT2D eigenvalue weighted by atomic mass is 31.2. The van der Waals surface area contributed by atoms with Gasteiger partial charge in [-0.15, -0.1) is 0 Å². The van der Waals surface area contributed by atoms with E-state index in [2.05, 4.69) is 27.7 Å². The van der Waals surface area contributed by atoms with Gasteiger partial charge in [-0.05, 0) is 25.7 Å². The van der Waals surface area contributed by atoms with Crippen LogP contribution in [0.15, 0.2) is 0 Å². The second kappa shape index (κ2) is 71.5. The van der Waals surface area contributed by atoms with Crippen molar-refractivity contribution < 1.29 is 80.2 Å². The molecule has 96 heavy (non-hydrogen) atoms. The molecule has 0 aliphatic rings. The maximum absolute atomic E-state index is 13.1. The number of carbonyl (C=O) groups excluding carboxylic acids is 4. The molecule has 0 heterocycles. The van der Waals surface area contributed by atoms with Gasteiger partial charge < -0.3 is 33.8 Å². The maximum Gasteiger partial charge on any atom is 0.472 e. The van der Waals surface area contributed by atoms with Crippen LogP contribution in [0, 0.1) is 0 Å². The van der Waals surface area contributed by atoms with Gasteiger partial charge >= 0.3 is 39.5 Å². The van der Waals surface area contributed by atoms with Gasteiger partial charge in [0.1, 0.15) is 19.3 Å². The number of aliphatic hydroxyl groups is 1. The maximum atomic E-state index is 13.1. The molecule has 19 heteroatoms. The van der Waals surface area contributed by atoms with Gasteiger partial charge in [0, 0.05) is 25.7 Å². The number of phosphoric ester groups is 2. The van der Waals surface area contributed by atoms with E-state index in [1.807, 2.05) is 0 Å². The Kier molecular flexibility index (Phi) is 70.0. The summed E-state index contributed by atoms with van der Waals surface area (Å²) < 4.78 is 68.5. The van der Waals surface area contributed by atoms with Gasteiger partial charge in [-0.2, -0.15) is 0 Å². The Morgan fingerprint density at radius 3 is 0.615 bits per heavy atom. The first-order chi connectivity index (χ1) is 46.7.